The van der Waals surface area contributed by atoms with Crippen LogP contribution in [0, 0.1) is 0 Å². The first-order valence-corrected chi connectivity index (χ1v) is 8.41. The van der Waals surface area contributed by atoms with Gasteiger partial charge in [-0.3, -0.25) is 0 Å². The van der Waals surface area contributed by atoms with E-state index in [9.17, 15) is 0 Å². The summed E-state index contributed by atoms with van der Waals surface area (Å²) in [7, 11) is 0. The Morgan fingerprint density at radius 3 is 2.62 bits per heavy atom. The molecule has 5 heteroatoms. The molecule has 3 nitrogen and oxygen atoms in total. The minimum Gasteiger partial charge on any atom is -0.323 e. The van der Waals surface area contributed by atoms with Gasteiger partial charge in [-0.05, 0) is 58.0 Å². The predicted octanol–water partition coefficient (Wildman–Crippen LogP) is 4.65. The Kier molecular flexibility index (Phi) is 4.43. The van der Waals surface area contributed by atoms with Crippen molar-refractivity contribution in [2.45, 2.75) is 38.1 Å². The molecule has 2 unspecified atom stereocenters. The summed E-state index contributed by atoms with van der Waals surface area (Å²) in [5.41, 5.74) is 2.05. The maximum absolute atomic E-state index is 6.35. The molecule has 1 aliphatic rings. The van der Waals surface area contributed by atoms with Gasteiger partial charge >= 0.3 is 0 Å². The van der Waals surface area contributed by atoms with Gasteiger partial charge in [0.1, 0.15) is 5.82 Å². The first kappa shape index (κ1) is 15.1. The smallest absolute Gasteiger partial charge is 0.128 e. The third-order valence-electron chi connectivity index (χ3n) is 4.20. The van der Waals surface area contributed by atoms with Crippen LogP contribution < -0.4 is 0 Å². The van der Waals surface area contributed by atoms with E-state index in [-0.39, 0.29) is 5.38 Å². The lowest BCUT2D eigenvalue weighted by atomic mass is 10.2. The Bertz CT molecular complexity index is 630. The summed E-state index contributed by atoms with van der Waals surface area (Å²) in [5, 5.41) is 0.602. The molecule has 1 aromatic heterocycles. The van der Waals surface area contributed by atoms with Crippen LogP contribution in [0.15, 0.2) is 18.2 Å². The fraction of sp³-hybridized carbons (Fsp3) is 0.562. The average Bonchev–Trinajstić information content (AvgIpc) is 3.04. The van der Waals surface area contributed by atoms with Crippen LogP contribution in [-0.4, -0.2) is 34.1 Å². The summed E-state index contributed by atoms with van der Waals surface area (Å²) >= 11 is 12.4. The van der Waals surface area contributed by atoms with Gasteiger partial charge in [0.05, 0.1) is 16.4 Å². The molecule has 1 saturated heterocycles. The zero-order valence-corrected chi connectivity index (χ0v) is 14.0. The van der Waals surface area contributed by atoms with E-state index in [1.54, 1.807) is 0 Å². The number of likely N-dealkylation sites (tertiary alicyclic amines) is 1. The number of fused-ring (bicyclic) bond motifs is 1. The Morgan fingerprint density at radius 2 is 1.95 bits per heavy atom. The van der Waals surface area contributed by atoms with Gasteiger partial charge in [-0.2, -0.15) is 0 Å². The van der Waals surface area contributed by atoms with E-state index in [2.05, 4.69) is 16.4 Å². The molecule has 21 heavy (non-hydrogen) atoms. The van der Waals surface area contributed by atoms with E-state index in [0.29, 0.717) is 11.1 Å². The van der Waals surface area contributed by atoms with E-state index in [0.717, 1.165) is 23.4 Å². The molecule has 0 amide bonds. The summed E-state index contributed by atoms with van der Waals surface area (Å²) in [6.07, 6.45) is 2.62. The molecule has 1 aliphatic heterocycles. The molecule has 2 aromatic rings. The topological polar surface area (TPSA) is 21.1 Å². The number of imidazole rings is 1. The van der Waals surface area contributed by atoms with Crippen molar-refractivity contribution >= 4 is 34.2 Å². The molecule has 0 spiro atoms. The van der Waals surface area contributed by atoms with E-state index >= 15 is 0 Å². The number of rotatable bonds is 4. The van der Waals surface area contributed by atoms with E-state index in [4.69, 9.17) is 28.2 Å². The van der Waals surface area contributed by atoms with Crippen LogP contribution in [-0.2, 0) is 0 Å². The van der Waals surface area contributed by atoms with E-state index < -0.39 is 0 Å². The van der Waals surface area contributed by atoms with E-state index in [1.807, 2.05) is 25.1 Å². The second-order valence-corrected chi connectivity index (χ2v) is 7.04. The van der Waals surface area contributed by atoms with Gasteiger partial charge in [-0.15, -0.1) is 11.6 Å². The zero-order chi connectivity index (χ0) is 15.0. The molecule has 3 rings (SSSR count). The standard InChI is InChI=1S/C16H21Cl2N3/c1-11(10-20-7-3-4-8-20)21-15-6-5-13(18)9-14(15)19-16(21)12(2)17/h5-6,9,11-12H,3-4,7-8,10H2,1-2H3. The Labute approximate surface area is 135 Å². The van der Waals surface area contributed by atoms with Crippen molar-refractivity contribution in [1.29, 1.82) is 0 Å². The summed E-state index contributed by atoms with van der Waals surface area (Å²) in [6.45, 7) is 7.67. The molecular weight excluding hydrogens is 305 g/mol. The number of hydrogen-bond acceptors (Lipinski definition) is 2. The lowest BCUT2D eigenvalue weighted by Crippen LogP contribution is -2.28. The Balaban J connectivity index is 1.99. The normalized spacial score (nSPS) is 19.2. The summed E-state index contributed by atoms with van der Waals surface area (Å²) in [5.74, 6) is 0.931. The van der Waals surface area contributed by atoms with Crippen LogP contribution in [0.4, 0.5) is 0 Å². The van der Waals surface area contributed by atoms with Crippen molar-refractivity contribution in [2.75, 3.05) is 19.6 Å². The molecular formula is C16H21Cl2N3. The number of nitrogens with zero attached hydrogens (tertiary/aromatic N) is 3. The van der Waals surface area contributed by atoms with Crippen molar-refractivity contribution in [1.82, 2.24) is 14.5 Å². The van der Waals surface area contributed by atoms with Crippen LogP contribution in [0.1, 0.15) is 43.9 Å². The summed E-state index contributed by atoms with van der Waals surface area (Å²) in [6, 6.07) is 6.24. The number of hydrogen-bond donors (Lipinski definition) is 0. The molecule has 0 N–H and O–H groups in total. The zero-order valence-electron chi connectivity index (χ0n) is 12.5. The van der Waals surface area contributed by atoms with E-state index in [1.165, 1.54) is 25.9 Å². The number of alkyl halides is 1. The predicted molar refractivity (Wildman–Crippen MR) is 89.4 cm³/mol. The van der Waals surface area contributed by atoms with Crippen molar-refractivity contribution in [3.63, 3.8) is 0 Å². The highest BCUT2D eigenvalue weighted by molar-refractivity contribution is 6.31. The van der Waals surface area contributed by atoms with Gasteiger partial charge in [0, 0.05) is 17.6 Å². The largest absolute Gasteiger partial charge is 0.323 e. The number of aromatic nitrogens is 2. The Hall–Kier alpha value is -0.770. The number of benzene rings is 1. The third-order valence-corrected chi connectivity index (χ3v) is 4.63. The van der Waals surface area contributed by atoms with Crippen LogP contribution >= 0.6 is 23.2 Å². The lowest BCUT2D eigenvalue weighted by molar-refractivity contribution is 0.287. The highest BCUT2D eigenvalue weighted by Gasteiger charge is 2.22. The quantitative estimate of drug-likeness (QED) is 0.763. The van der Waals surface area contributed by atoms with Gasteiger partial charge in [0.2, 0.25) is 0 Å². The van der Waals surface area contributed by atoms with Gasteiger partial charge < -0.3 is 9.47 Å². The minimum atomic E-state index is -0.114. The van der Waals surface area contributed by atoms with Gasteiger partial charge in [0.25, 0.3) is 0 Å². The van der Waals surface area contributed by atoms with Crippen molar-refractivity contribution in [2.24, 2.45) is 0 Å². The van der Waals surface area contributed by atoms with Gasteiger partial charge in [-0.1, -0.05) is 11.6 Å². The molecule has 2 heterocycles. The van der Waals surface area contributed by atoms with Gasteiger partial charge in [0.15, 0.2) is 0 Å². The summed E-state index contributed by atoms with van der Waals surface area (Å²) < 4.78 is 2.28. The van der Waals surface area contributed by atoms with Crippen molar-refractivity contribution in [3.05, 3.63) is 29.0 Å². The van der Waals surface area contributed by atoms with Crippen molar-refractivity contribution < 1.29 is 0 Å². The lowest BCUT2D eigenvalue weighted by Gasteiger charge is -2.24. The molecule has 2 atom stereocenters. The SMILES string of the molecule is CC(Cl)c1nc2cc(Cl)ccc2n1C(C)CN1CCCC1. The second-order valence-electron chi connectivity index (χ2n) is 5.95. The summed E-state index contributed by atoms with van der Waals surface area (Å²) in [4.78, 5) is 7.22. The van der Waals surface area contributed by atoms with Crippen LogP contribution in [0.3, 0.4) is 0 Å². The fourth-order valence-electron chi connectivity index (χ4n) is 3.25. The first-order valence-electron chi connectivity index (χ1n) is 7.60. The fourth-order valence-corrected chi connectivity index (χ4v) is 3.58. The van der Waals surface area contributed by atoms with Crippen molar-refractivity contribution in [3.8, 4) is 0 Å². The first-order chi connectivity index (χ1) is 10.1. The van der Waals surface area contributed by atoms with Crippen LogP contribution in [0.25, 0.3) is 11.0 Å². The highest BCUT2D eigenvalue weighted by atomic mass is 35.5. The molecule has 1 aromatic carbocycles. The molecule has 0 bridgehead atoms. The van der Waals surface area contributed by atoms with Crippen LogP contribution in [0.2, 0.25) is 5.02 Å². The molecule has 1 fully saturated rings. The Morgan fingerprint density at radius 1 is 1.24 bits per heavy atom. The maximum atomic E-state index is 6.35. The number of halogens is 2. The average molecular weight is 326 g/mol. The highest BCUT2D eigenvalue weighted by Crippen LogP contribution is 2.30. The molecule has 0 radical (unpaired) electrons. The third kappa shape index (κ3) is 3.05. The van der Waals surface area contributed by atoms with Gasteiger partial charge in [-0.25, -0.2) is 4.98 Å². The molecule has 114 valence electrons. The minimum absolute atomic E-state index is 0.114. The monoisotopic (exact) mass is 325 g/mol. The molecule has 0 saturated carbocycles. The molecule has 0 aliphatic carbocycles. The van der Waals surface area contributed by atoms with Crippen LogP contribution in [0.5, 0.6) is 0 Å². The maximum Gasteiger partial charge on any atom is 0.128 e. The second kappa shape index (κ2) is 6.15.